The first-order chi connectivity index (χ1) is 8.81. The Labute approximate surface area is 118 Å². The summed E-state index contributed by atoms with van der Waals surface area (Å²) in [7, 11) is -3.46. The van der Waals surface area contributed by atoms with Gasteiger partial charge in [-0.1, -0.05) is 6.92 Å². The van der Waals surface area contributed by atoms with Crippen LogP contribution in [0.1, 0.15) is 42.9 Å². The van der Waals surface area contributed by atoms with Gasteiger partial charge >= 0.3 is 5.97 Å². The lowest BCUT2D eigenvalue weighted by Gasteiger charge is -2.10. The second-order valence-electron chi connectivity index (χ2n) is 4.23. The Hall–Kier alpha value is -1.08. The molecule has 1 N–H and O–H groups in total. The van der Waals surface area contributed by atoms with Crippen LogP contribution < -0.4 is 4.72 Å². The highest BCUT2D eigenvalue weighted by molar-refractivity contribution is 7.93. The first-order valence-electron chi connectivity index (χ1n) is 6.13. The Morgan fingerprint density at radius 1 is 1.42 bits per heavy atom. The Morgan fingerprint density at radius 3 is 2.53 bits per heavy atom. The van der Waals surface area contributed by atoms with Gasteiger partial charge in [-0.25, -0.2) is 13.2 Å². The van der Waals surface area contributed by atoms with Crippen molar-refractivity contribution in [2.75, 3.05) is 11.3 Å². The van der Waals surface area contributed by atoms with Crippen molar-refractivity contribution < 1.29 is 17.9 Å². The van der Waals surface area contributed by atoms with E-state index in [1.165, 1.54) is 11.3 Å². The summed E-state index contributed by atoms with van der Waals surface area (Å²) in [6, 6.07) is 1.68. The SMILES string of the molecule is CCOC(=O)c1cc(CC)sc1NS(=O)(=O)C(C)C. The highest BCUT2D eigenvalue weighted by Gasteiger charge is 2.23. The van der Waals surface area contributed by atoms with Gasteiger partial charge in [-0.15, -0.1) is 11.3 Å². The van der Waals surface area contributed by atoms with Crippen molar-refractivity contribution in [3.8, 4) is 0 Å². The number of hydrogen-bond donors (Lipinski definition) is 1. The maximum Gasteiger partial charge on any atom is 0.341 e. The molecular weight excluding hydrogens is 286 g/mol. The van der Waals surface area contributed by atoms with E-state index in [-0.39, 0.29) is 12.2 Å². The van der Waals surface area contributed by atoms with Crippen molar-refractivity contribution in [3.63, 3.8) is 0 Å². The molecule has 19 heavy (non-hydrogen) atoms. The highest BCUT2D eigenvalue weighted by atomic mass is 32.2. The Bertz CT molecular complexity index is 546. The fourth-order valence-electron chi connectivity index (χ4n) is 1.30. The van der Waals surface area contributed by atoms with Crippen molar-refractivity contribution in [3.05, 3.63) is 16.5 Å². The first-order valence-corrected chi connectivity index (χ1v) is 8.49. The summed E-state index contributed by atoms with van der Waals surface area (Å²) in [6.45, 7) is 7.08. The van der Waals surface area contributed by atoms with Crippen LogP contribution in [0.2, 0.25) is 0 Å². The van der Waals surface area contributed by atoms with Gasteiger partial charge in [0.25, 0.3) is 0 Å². The molecule has 0 spiro atoms. The van der Waals surface area contributed by atoms with E-state index < -0.39 is 21.2 Å². The molecular formula is C12H19NO4S2. The minimum Gasteiger partial charge on any atom is -0.462 e. The molecule has 108 valence electrons. The van der Waals surface area contributed by atoms with Gasteiger partial charge in [0.2, 0.25) is 10.0 Å². The van der Waals surface area contributed by atoms with E-state index in [0.29, 0.717) is 5.00 Å². The minimum atomic E-state index is -3.46. The van der Waals surface area contributed by atoms with Crippen LogP contribution in [0.15, 0.2) is 6.07 Å². The standard InChI is InChI=1S/C12H19NO4S2/c1-5-9-7-10(12(14)17-6-2)11(18-9)13-19(15,16)8(3)4/h7-8,13H,5-6H2,1-4H3. The summed E-state index contributed by atoms with van der Waals surface area (Å²) in [4.78, 5) is 12.7. The van der Waals surface area contributed by atoms with Crippen LogP contribution in [0, 0.1) is 0 Å². The van der Waals surface area contributed by atoms with Crippen LogP contribution >= 0.6 is 11.3 Å². The lowest BCUT2D eigenvalue weighted by molar-refractivity contribution is 0.0528. The molecule has 0 aliphatic carbocycles. The average Bonchev–Trinajstić information content (AvgIpc) is 2.71. The predicted molar refractivity (Wildman–Crippen MR) is 77.3 cm³/mol. The molecule has 0 radical (unpaired) electrons. The van der Waals surface area contributed by atoms with Crippen molar-refractivity contribution in [2.45, 2.75) is 39.4 Å². The van der Waals surface area contributed by atoms with Crippen molar-refractivity contribution in [2.24, 2.45) is 0 Å². The molecule has 0 unspecified atom stereocenters. The maximum absolute atomic E-state index is 11.9. The molecule has 1 rings (SSSR count). The zero-order chi connectivity index (χ0) is 14.6. The van der Waals surface area contributed by atoms with Crippen molar-refractivity contribution in [1.82, 2.24) is 0 Å². The van der Waals surface area contributed by atoms with Gasteiger partial charge in [-0.05, 0) is 33.3 Å². The van der Waals surface area contributed by atoms with E-state index >= 15 is 0 Å². The lowest BCUT2D eigenvalue weighted by Crippen LogP contribution is -2.23. The number of esters is 1. The topological polar surface area (TPSA) is 72.5 Å². The van der Waals surface area contributed by atoms with Gasteiger partial charge in [-0.2, -0.15) is 0 Å². The number of nitrogens with one attached hydrogen (secondary N) is 1. The van der Waals surface area contributed by atoms with E-state index in [9.17, 15) is 13.2 Å². The molecule has 0 atom stereocenters. The van der Waals surface area contributed by atoms with Gasteiger partial charge in [0, 0.05) is 4.88 Å². The number of sulfonamides is 1. The summed E-state index contributed by atoms with van der Waals surface area (Å²) in [5, 5.41) is -0.223. The third-order valence-corrected chi connectivity index (χ3v) is 5.54. The molecule has 1 aromatic heterocycles. The average molecular weight is 305 g/mol. The summed E-state index contributed by atoms with van der Waals surface area (Å²) >= 11 is 1.27. The van der Waals surface area contributed by atoms with Gasteiger partial charge in [0.1, 0.15) is 5.00 Å². The van der Waals surface area contributed by atoms with E-state index in [1.54, 1.807) is 26.8 Å². The van der Waals surface area contributed by atoms with Crippen molar-refractivity contribution in [1.29, 1.82) is 0 Å². The van der Waals surface area contributed by atoms with Crippen LogP contribution in [-0.4, -0.2) is 26.2 Å². The fourth-order valence-corrected chi connectivity index (χ4v) is 3.25. The zero-order valence-electron chi connectivity index (χ0n) is 11.5. The Morgan fingerprint density at radius 2 is 2.05 bits per heavy atom. The van der Waals surface area contributed by atoms with Crippen molar-refractivity contribution >= 4 is 32.3 Å². The minimum absolute atomic E-state index is 0.256. The van der Waals surface area contributed by atoms with E-state index in [0.717, 1.165) is 11.3 Å². The number of ether oxygens (including phenoxy) is 1. The third kappa shape index (κ3) is 3.94. The summed E-state index contributed by atoms with van der Waals surface area (Å²) in [5.41, 5.74) is 0.285. The van der Waals surface area contributed by atoms with Crippen LogP contribution in [0.25, 0.3) is 0 Å². The quantitative estimate of drug-likeness (QED) is 0.820. The number of thiophene rings is 1. The number of aryl methyl sites for hydroxylation is 1. The van der Waals surface area contributed by atoms with Gasteiger partial charge in [0.05, 0.1) is 17.4 Å². The second-order valence-corrected chi connectivity index (χ2v) is 7.60. The molecule has 0 aliphatic rings. The van der Waals surface area contributed by atoms with Crippen LogP contribution in [0.4, 0.5) is 5.00 Å². The number of rotatable bonds is 6. The number of carbonyl (C=O) groups is 1. The smallest absolute Gasteiger partial charge is 0.341 e. The lowest BCUT2D eigenvalue weighted by atomic mass is 10.2. The number of anilines is 1. The largest absolute Gasteiger partial charge is 0.462 e. The molecule has 5 nitrogen and oxygen atoms in total. The molecule has 1 heterocycles. The molecule has 0 amide bonds. The van der Waals surface area contributed by atoms with Crippen LogP contribution in [0.5, 0.6) is 0 Å². The van der Waals surface area contributed by atoms with E-state index in [1.807, 2.05) is 6.92 Å². The van der Waals surface area contributed by atoms with E-state index in [2.05, 4.69) is 4.72 Å². The first kappa shape index (κ1) is 16.0. The Balaban J connectivity index is 3.12. The monoisotopic (exact) mass is 305 g/mol. The molecule has 0 fully saturated rings. The Kier molecular flexibility index (Phi) is 5.37. The molecule has 0 bridgehead atoms. The van der Waals surface area contributed by atoms with Gasteiger partial charge in [0.15, 0.2) is 0 Å². The molecule has 1 aromatic rings. The van der Waals surface area contributed by atoms with Gasteiger partial charge < -0.3 is 4.74 Å². The summed E-state index contributed by atoms with van der Waals surface area (Å²) < 4.78 is 31.2. The zero-order valence-corrected chi connectivity index (χ0v) is 13.2. The van der Waals surface area contributed by atoms with Crippen LogP contribution in [0.3, 0.4) is 0 Å². The highest BCUT2D eigenvalue weighted by Crippen LogP contribution is 2.30. The number of hydrogen-bond acceptors (Lipinski definition) is 5. The third-order valence-electron chi connectivity index (χ3n) is 2.48. The summed E-state index contributed by atoms with van der Waals surface area (Å²) in [5.74, 6) is -0.500. The van der Waals surface area contributed by atoms with Crippen LogP contribution in [-0.2, 0) is 21.2 Å². The van der Waals surface area contributed by atoms with Gasteiger partial charge in [-0.3, -0.25) is 4.72 Å². The second kappa shape index (κ2) is 6.38. The summed E-state index contributed by atoms with van der Waals surface area (Å²) in [6.07, 6.45) is 0.737. The number of carbonyl (C=O) groups excluding carboxylic acids is 1. The van der Waals surface area contributed by atoms with E-state index in [4.69, 9.17) is 4.74 Å². The fraction of sp³-hybridized carbons (Fsp3) is 0.583. The maximum atomic E-state index is 11.9. The normalized spacial score (nSPS) is 11.6. The molecule has 0 aromatic carbocycles. The molecule has 0 saturated carbocycles. The predicted octanol–water partition coefficient (Wildman–Crippen LogP) is 2.64. The molecule has 7 heteroatoms. The molecule has 0 saturated heterocycles. The molecule has 0 aliphatic heterocycles.